The molecule has 3 nitrogen and oxygen atoms in total. The van der Waals surface area contributed by atoms with E-state index in [0.717, 1.165) is 0 Å². The lowest BCUT2D eigenvalue weighted by Gasteiger charge is -2.46. The third-order valence-corrected chi connectivity index (χ3v) is 3.93. The first-order valence-electron chi connectivity index (χ1n) is 5.97. The van der Waals surface area contributed by atoms with Gasteiger partial charge in [0.05, 0.1) is 17.6 Å². The van der Waals surface area contributed by atoms with E-state index >= 15 is 0 Å². The van der Waals surface area contributed by atoms with Gasteiger partial charge >= 0.3 is 5.97 Å². The highest BCUT2D eigenvalue weighted by molar-refractivity contribution is 6.06. The number of rotatable bonds is 2. The van der Waals surface area contributed by atoms with Crippen LogP contribution in [0.2, 0.25) is 0 Å². The summed E-state index contributed by atoms with van der Waals surface area (Å²) in [5.41, 5.74) is -0.750. The second-order valence-corrected chi connectivity index (χ2v) is 5.44. The molecule has 2 atom stereocenters. The molecule has 17 heavy (non-hydrogen) atoms. The molecule has 92 valence electrons. The molecule has 0 heterocycles. The number of ether oxygens (including phenoxy) is 1. The summed E-state index contributed by atoms with van der Waals surface area (Å²) in [4.78, 5) is 24.3. The lowest BCUT2D eigenvalue weighted by atomic mass is 9.55. The molecule has 0 spiro atoms. The Hall–Kier alpha value is -1.38. The fourth-order valence-corrected chi connectivity index (χ4v) is 2.75. The molecule has 0 unspecified atom stereocenters. The fraction of sp³-hybridized carbons (Fsp3) is 0.571. The van der Waals surface area contributed by atoms with E-state index in [-0.39, 0.29) is 17.7 Å². The monoisotopic (exact) mass is 234 g/mol. The molecule has 0 amide bonds. The van der Waals surface area contributed by atoms with Crippen molar-refractivity contribution < 1.29 is 14.3 Å². The van der Waals surface area contributed by atoms with Crippen LogP contribution in [0.3, 0.4) is 0 Å². The Kier molecular flexibility index (Phi) is 2.53. The number of esters is 1. The van der Waals surface area contributed by atoms with Crippen LogP contribution in [0.25, 0.3) is 0 Å². The maximum absolute atomic E-state index is 12.4. The second kappa shape index (κ2) is 3.56. The van der Waals surface area contributed by atoms with Gasteiger partial charge in [0.2, 0.25) is 0 Å². The van der Waals surface area contributed by atoms with Crippen LogP contribution in [0.15, 0.2) is 23.8 Å². The molecule has 3 aliphatic rings. The SMILES string of the molecule is CCOC(=O)C1=C[C@@H]2C=C[C@@]1(C)C(=O)C2(C)C. The Morgan fingerprint density at radius 1 is 1.41 bits per heavy atom. The first-order valence-corrected chi connectivity index (χ1v) is 5.97. The van der Waals surface area contributed by atoms with E-state index in [4.69, 9.17) is 4.74 Å². The number of fused-ring (bicyclic) bond motifs is 1. The van der Waals surface area contributed by atoms with Crippen molar-refractivity contribution in [1.29, 1.82) is 0 Å². The van der Waals surface area contributed by atoms with Crippen molar-refractivity contribution in [1.82, 2.24) is 0 Å². The summed E-state index contributed by atoms with van der Waals surface area (Å²) < 4.78 is 5.02. The molecule has 0 saturated carbocycles. The zero-order valence-corrected chi connectivity index (χ0v) is 10.7. The zero-order valence-electron chi connectivity index (χ0n) is 10.7. The summed E-state index contributed by atoms with van der Waals surface area (Å²) in [7, 11) is 0. The minimum absolute atomic E-state index is 0.00349. The van der Waals surface area contributed by atoms with Gasteiger partial charge in [0.1, 0.15) is 0 Å². The minimum Gasteiger partial charge on any atom is -0.463 e. The molecule has 0 aromatic rings. The summed E-state index contributed by atoms with van der Waals surface area (Å²) in [6, 6.07) is 0. The van der Waals surface area contributed by atoms with Crippen LogP contribution in [0.4, 0.5) is 0 Å². The van der Waals surface area contributed by atoms with E-state index in [1.165, 1.54) is 0 Å². The number of Topliss-reactive ketones (excluding diaryl/α,β-unsaturated/α-hetero) is 1. The molecule has 3 aliphatic carbocycles. The normalized spacial score (nSPS) is 33.5. The Bertz CT molecular complexity index is 442. The van der Waals surface area contributed by atoms with Gasteiger partial charge in [-0.2, -0.15) is 0 Å². The molecule has 0 aromatic carbocycles. The van der Waals surface area contributed by atoms with Crippen molar-refractivity contribution in [2.24, 2.45) is 16.7 Å². The molecule has 0 radical (unpaired) electrons. The molecule has 0 N–H and O–H groups in total. The summed E-state index contributed by atoms with van der Waals surface area (Å²) >= 11 is 0. The molecule has 0 aliphatic heterocycles. The maximum Gasteiger partial charge on any atom is 0.335 e. The molecular formula is C14H18O3. The van der Waals surface area contributed by atoms with Crippen molar-refractivity contribution in [3.05, 3.63) is 23.8 Å². The molecule has 0 aromatic heterocycles. The molecule has 0 fully saturated rings. The van der Waals surface area contributed by atoms with Crippen molar-refractivity contribution in [2.45, 2.75) is 27.7 Å². The van der Waals surface area contributed by atoms with Gasteiger partial charge < -0.3 is 4.74 Å². The van der Waals surface area contributed by atoms with Crippen LogP contribution in [-0.2, 0) is 14.3 Å². The third-order valence-electron chi connectivity index (χ3n) is 3.93. The van der Waals surface area contributed by atoms with Gasteiger partial charge in [0, 0.05) is 11.3 Å². The number of hydrogen-bond donors (Lipinski definition) is 0. The lowest BCUT2D eigenvalue weighted by Crippen LogP contribution is -2.50. The number of ketones is 1. The molecule has 0 saturated heterocycles. The lowest BCUT2D eigenvalue weighted by molar-refractivity contribution is -0.145. The number of allylic oxidation sites excluding steroid dienone is 3. The summed E-state index contributed by atoms with van der Waals surface area (Å²) in [6.07, 6.45) is 5.75. The highest BCUT2D eigenvalue weighted by atomic mass is 16.5. The highest BCUT2D eigenvalue weighted by Gasteiger charge is 2.54. The predicted molar refractivity (Wildman–Crippen MR) is 64.2 cm³/mol. The first kappa shape index (κ1) is 12.1. The number of carbonyl (C=O) groups is 2. The smallest absolute Gasteiger partial charge is 0.335 e. The van der Waals surface area contributed by atoms with Gasteiger partial charge in [-0.15, -0.1) is 0 Å². The van der Waals surface area contributed by atoms with Crippen LogP contribution >= 0.6 is 0 Å². The van der Waals surface area contributed by atoms with E-state index in [1.807, 2.05) is 32.1 Å². The second-order valence-electron chi connectivity index (χ2n) is 5.44. The predicted octanol–water partition coefficient (Wildman–Crippen LogP) is 2.28. The van der Waals surface area contributed by atoms with Gasteiger partial charge in [0.25, 0.3) is 0 Å². The van der Waals surface area contributed by atoms with E-state index in [1.54, 1.807) is 13.8 Å². The first-order chi connectivity index (χ1) is 7.84. The van der Waals surface area contributed by atoms with Crippen LogP contribution in [0, 0.1) is 16.7 Å². The fourth-order valence-electron chi connectivity index (χ4n) is 2.75. The van der Waals surface area contributed by atoms with Crippen LogP contribution < -0.4 is 0 Å². The van der Waals surface area contributed by atoms with E-state index in [2.05, 4.69) is 0 Å². The summed E-state index contributed by atoms with van der Waals surface area (Å²) in [6.45, 7) is 7.76. The summed E-state index contributed by atoms with van der Waals surface area (Å²) in [5.74, 6) is -0.271. The van der Waals surface area contributed by atoms with Crippen molar-refractivity contribution in [2.75, 3.05) is 6.61 Å². The van der Waals surface area contributed by atoms with Gasteiger partial charge in [-0.3, -0.25) is 4.79 Å². The van der Waals surface area contributed by atoms with E-state index < -0.39 is 10.8 Å². The molecular weight excluding hydrogens is 216 g/mol. The van der Waals surface area contributed by atoms with Crippen molar-refractivity contribution >= 4 is 11.8 Å². The Balaban J connectivity index is 2.47. The minimum atomic E-state index is -0.815. The zero-order chi connectivity index (χ0) is 12.8. The molecule has 3 rings (SSSR count). The highest BCUT2D eigenvalue weighted by Crippen LogP contribution is 2.51. The van der Waals surface area contributed by atoms with Gasteiger partial charge in [-0.05, 0) is 13.8 Å². The molecule has 3 heteroatoms. The Morgan fingerprint density at radius 3 is 2.65 bits per heavy atom. The van der Waals surface area contributed by atoms with Crippen LogP contribution in [-0.4, -0.2) is 18.4 Å². The van der Waals surface area contributed by atoms with Crippen LogP contribution in [0.1, 0.15) is 27.7 Å². The van der Waals surface area contributed by atoms with Gasteiger partial charge in [-0.25, -0.2) is 4.79 Å². The van der Waals surface area contributed by atoms with Crippen LogP contribution in [0.5, 0.6) is 0 Å². The topological polar surface area (TPSA) is 43.4 Å². The van der Waals surface area contributed by atoms with E-state index in [9.17, 15) is 9.59 Å². The Labute approximate surface area is 102 Å². The quantitative estimate of drug-likeness (QED) is 0.544. The number of hydrogen-bond acceptors (Lipinski definition) is 3. The summed E-state index contributed by atoms with van der Waals surface area (Å²) in [5, 5.41) is 0. The Morgan fingerprint density at radius 2 is 2.06 bits per heavy atom. The maximum atomic E-state index is 12.4. The third kappa shape index (κ3) is 1.48. The van der Waals surface area contributed by atoms with Crippen molar-refractivity contribution in [3.63, 3.8) is 0 Å². The van der Waals surface area contributed by atoms with E-state index in [0.29, 0.717) is 12.2 Å². The number of carbonyl (C=O) groups excluding carboxylic acids is 2. The average molecular weight is 234 g/mol. The van der Waals surface area contributed by atoms with Gasteiger partial charge in [-0.1, -0.05) is 32.1 Å². The largest absolute Gasteiger partial charge is 0.463 e. The average Bonchev–Trinajstić information content (AvgIpc) is 2.26. The van der Waals surface area contributed by atoms with Crippen molar-refractivity contribution in [3.8, 4) is 0 Å². The molecule has 2 bridgehead atoms. The van der Waals surface area contributed by atoms with Gasteiger partial charge in [0.15, 0.2) is 5.78 Å². The standard InChI is InChI=1S/C14H18O3/c1-5-17-11(15)10-8-9-6-7-14(10,4)12(16)13(9,2)3/h6-9H,5H2,1-4H3/t9-,14+/m0/s1.